The van der Waals surface area contributed by atoms with Gasteiger partial charge in [0.2, 0.25) is 0 Å². The van der Waals surface area contributed by atoms with Crippen molar-refractivity contribution in [2.45, 2.75) is 13.0 Å². The van der Waals surface area contributed by atoms with E-state index in [-0.39, 0.29) is 11.5 Å². The highest BCUT2D eigenvalue weighted by Crippen LogP contribution is 2.26. The molecule has 0 heterocycles. The third kappa shape index (κ3) is 2.20. The van der Waals surface area contributed by atoms with Crippen molar-refractivity contribution in [1.29, 1.82) is 0 Å². The largest absolute Gasteiger partial charge is 0.508 e. The van der Waals surface area contributed by atoms with Crippen LogP contribution in [0.15, 0.2) is 18.2 Å². The summed E-state index contributed by atoms with van der Waals surface area (Å²) < 4.78 is 0. The second-order valence-electron chi connectivity index (χ2n) is 2.79. The fourth-order valence-corrected chi connectivity index (χ4v) is 1.17. The maximum absolute atomic E-state index is 10.9. The van der Waals surface area contributed by atoms with Crippen LogP contribution in [-0.2, 0) is 4.79 Å². The third-order valence-electron chi connectivity index (χ3n) is 1.76. The van der Waals surface area contributed by atoms with Gasteiger partial charge in [-0.3, -0.25) is 4.79 Å². The molecule has 0 aliphatic heterocycles. The van der Waals surface area contributed by atoms with Crippen LogP contribution < -0.4 is 5.73 Å². The lowest BCUT2D eigenvalue weighted by Crippen LogP contribution is -2.18. The maximum Gasteiger partial charge on any atom is 0.151 e. The number of halogens is 1. The number of Topliss-reactive ketones (excluding diaryl/α,β-unsaturated/α-hetero) is 1. The quantitative estimate of drug-likeness (QED) is 0.761. The molecule has 70 valence electrons. The minimum Gasteiger partial charge on any atom is -0.508 e. The highest BCUT2D eigenvalue weighted by atomic mass is 35.5. The molecule has 3 N–H and O–H groups in total. The summed E-state index contributed by atoms with van der Waals surface area (Å²) >= 11 is 5.69. The summed E-state index contributed by atoms with van der Waals surface area (Å²) in [7, 11) is 0. The Hall–Kier alpha value is -1.06. The lowest BCUT2D eigenvalue weighted by molar-refractivity contribution is -0.118. The van der Waals surface area contributed by atoms with Crippen LogP contribution in [0.25, 0.3) is 0 Å². The van der Waals surface area contributed by atoms with E-state index in [1.807, 2.05) is 0 Å². The first-order valence-electron chi connectivity index (χ1n) is 3.77. The van der Waals surface area contributed by atoms with E-state index in [0.717, 1.165) is 0 Å². The van der Waals surface area contributed by atoms with Gasteiger partial charge >= 0.3 is 0 Å². The minimum absolute atomic E-state index is 0.00731. The lowest BCUT2D eigenvalue weighted by Gasteiger charge is -2.10. The minimum atomic E-state index is -0.807. The number of carbonyl (C=O) groups excluding carboxylic acids is 1. The van der Waals surface area contributed by atoms with E-state index in [2.05, 4.69) is 0 Å². The first kappa shape index (κ1) is 10.0. The van der Waals surface area contributed by atoms with Crippen molar-refractivity contribution in [3.63, 3.8) is 0 Å². The molecule has 0 radical (unpaired) electrons. The summed E-state index contributed by atoms with van der Waals surface area (Å²) in [5.41, 5.74) is 5.90. The summed E-state index contributed by atoms with van der Waals surface area (Å²) in [6.45, 7) is 1.37. The molecule has 1 rings (SSSR count). The molecule has 0 aromatic heterocycles. The van der Waals surface area contributed by atoms with Crippen LogP contribution in [0.1, 0.15) is 18.5 Å². The van der Waals surface area contributed by atoms with E-state index in [1.165, 1.54) is 25.1 Å². The average Bonchev–Trinajstić information content (AvgIpc) is 2.08. The Bertz CT molecular complexity index is 338. The summed E-state index contributed by atoms with van der Waals surface area (Å²) in [4.78, 5) is 10.9. The first-order chi connectivity index (χ1) is 6.02. The summed E-state index contributed by atoms with van der Waals surface area (Å²) in [5.74, 6) is -0.218. The molecule has 0 spiro atoms. The number of hydrogen-bond donors (Lipinski definition) is 2. The van der Waals surface area contributed by atoms with Crippen molar-refractivity contribution in [3.8, 4) is 5.75 Å². The van der Waals surface area contributed by atoms with Gasteiger partial charge in [0, 0.05) is 10.6 Å². The van der Waals surface area contributed by atoms with Gasteiger partial charge < -0.3 is 10.8 Å². The standard InChI is InChI=1S/C9H10ClNO2/c1-5(12)9(11)7-4-6(10)2-3-8(7)13/h2-4,9,13H,11H2,1H3. The molecule has 0 saturated carbocycles. The second-order valence-corrected chi connectivity index (χ2v) is 3.23. The Balaban J connectivity index is 3.12. The zero-order valence-electron chi connectivity index (χ0n) is 7.12. The van der Waals surface area contributed by atoms with Gasteiger partial charge in [-0.25, -0.2) is 0 Å². The molecular weight excluding hydrogens is 190 g/mol. The van der Waals surface area contributed by atoms with Gasteiger partial charge in [0.1, 0.15) is 5.75 Å². The fraction of sp³-hybridized carbons (Fsp3) is 0.222. The number of phenolic OH excluding ortho intramolecular Hbond substituents is 1. The fourth-order valence-electron chi connectivity index (χ4n) is 0.993. The van der Waals surface area contributed by atoms with Crippen LogP contribution in [0.5, 0.6) is 5.75 Å². The molecule has 0 saturated heterocycles. The van der Waals surface area contributed by atoms with Gasteiger partial charge in [0.15, 0.2) is 5.78 Å². The van der Waals surface area contributed by atoms with Gasteiger partial charge in [0.05, 0.1) is 6.04 Å². The van der Waals surface area contributed by atoms with E-state index in [1.54, 1.807) is 0 Å². The predicted molar refractivity (Wildman–Crippen MR) is 50.7 cm³/mol. The van der Waals surface area contributed by atoms with Gasteiger partial charge in [-0.15, -0.1) is 0 Å². The average molecular weight is 200 g/mol. The van der Waals surface area contributed by atoms with Crippen LogP contribution >= 0.6 is 11.6 Å². The molecule has 0 fully saturated rings. The molecular formula is C9H10ClNO2. The van der Waals surface area contributed by atoms with Gasteiger partial charge in [0.25, 0.3) is 0 Å². The number of benzene rings is 1. The zero-order chi connectivity index (χ0) is 10.0. The highest BCUT2D eigenvalue weighted by molar-refractivity contribution is 6.30. The van der Waals surface area contributed by atoms with Crippen molar-refractivity contribution < 1.29 is 9.90 Å². The predicted octanol–water partition coefficient (Wildman–Crippen LogP) is 1.63. The van der Waals surface area contributed by atoms with Crippen molar-refractivity contribution in [2.24, 2.45) is 5.73 Å². The van der Waals surface area contributed by atoms with Crippen LogP contribution in [0, 0.1) is 0 Å². The van der Waals surface area contributed by atoms with E-state index in [0.29, 0.717) is 10.6 Å². The zero-order valence-corrected chi connectivity index (χ0v) is 7.88. The van der Waals surface area contributed by atoms with Crippen LogP contribution in [0.4, 0.5) is 0 Å². The molecule has 1 aromatic carbocycles. The Morgan fingerprint density at radius 3 is 2.77 bits per heavy atom. The normalized spacial score (nSPS) is 12.5. The van der Waals surface area contributed by atoms with Crippen molar-refractivity contribution >= 4 is 17.4 Å². The van der Waals surface area contributed by atoms with Gasteiger partial charge in [-0.05, 0) is 25.1 Å². The lowest BCUT2D eigenvalue weighted by atomic mass is 10.0. The number of ketones is 1. The van der Waals surface area contributed by atoms with Crippen LogP contribution in [0.2, 0.25) is 5.02 Å². The van der Waals surface area contributed by atoms with E-state index >= 15 is 0 Å². The molecule has 1 aromatic rings. The number of nitrogens with two attached hydrogens (primary N) is 1. The molecule has 0 amide bonds. The summed E-state index contributed by atoms with van der Waals surface area (Å²) in [6.07, 6.45) is 0. The van der Waals surface area contributed by atoms with E-state index < -0.39 is 6.04 Å². The molecule has 1 atom stereocenters. The highest BCUT2D eigenvalue weighted by Gasteiger charge is 2.15. The number of aromatic hydroxyl groups is 1. The maximum atomic E-state index is 10.9. The monoisotopic (exact) mass is 199 g/mol. The van der Waals surface area contributed by atoms with Crippen LogP contribution in [0.3, 0.4) is 0 Å². The summed E-state index contributed by atoms with van der Waals surface area (Å²) in [6, 6.07) is 3.63. The van der Waals surface area contributed by atoms with Gasteiger partial charge in [-0.2, -0.15) is 0 Å². The van der Waals surface area contributed by atoms with E-state index in [9.17, 15) is 9.90 Å². The molecule has 0 aliphatic carbocycles. The molecule has 0 bridgehead atoms. The first-order valence-corrected chi connectivity index (χ1v) is 4.14. The van der Waals surface area contributed by atoms with E-state index in [4.69, 9.17) is 17.3 Å². The second kappa shape index (κ2) is 3.77. The number of rotatable bonds is 2. The van der Waals surface area contributed by atoms with Crippen molar-refractivity contribution in [1.82, 2.24) is 0 Å². The van der Waals surface area contributed by atoms with Crippen LogP contribution in [-0.4, -0.2) is 10.9 Å². The number of carbonyl (C=O) groups is 1. The topological polar surface area (TPSA) is 63.3 Å². The molecule has 13 heavy (non-hydrogen) atoms. The Morgan fingerprint density at radius 1 is 1.62 bits per heavy atom. The molecule has 4 heteroatoms. The van der Waals surface area contributed by atoms with Gasteiger partial charge in [-0.1, -0.05) is 11.6 Å². The van der Waals surface area contributed by atoms with Crippen molar-refractivity contribution in [3.05, 3.63) is 28.8 Å². The Labute approximate surface area is 81.1 Å². The molecule has 0 aliphatic rings. The third-order valence-corrected chi connectivity index (χ3v) is 2.00. The number of phenols is 1. The Kier molecular flexibility index (Phi) is 2.90. The molecule has 3 nitrogen and oxygen atoms in total. The Morgan fingerprint density at radius 2 is 2.23 bits per heavy atom. The molecule has 1 unspecified atom stereocenters. The summed E-state index contributed by atoms with van der Waals surface area (Å²) in [5, 5.41) is 9.81. The number of hydrogen-bond acceptors (Lipinski definition) is 3. The smallest absolute Gasteiger partial charge is 0.151 e. The SMILES string of the molecule is CC(=O)C(N)c1cc(Cl)ccc1O. The van der Waals surface area contributed by atoms with Crippen molar-refractivity contribution in [2.75, 3.05) is 0 Å².